The van der Waals surface area contributed by atoms with Crippen LogP contribution in [0.25, 0.3) is 10.9 Å². The van der Waals surface area contributed by atoms with Gasteiger partial charge in [-0.2, -0.15) is 5.10 Å². The molecule has 0 aliphatic carbocycles. The number of aromatic nitrogens is 4. The van der Waals surface area contributed by atoms with Gasteiger partial charge in [-0.15, -0.1) is 11.8 Å². The third-order valence-corrected chi connectivity index (χ3v) is 8.66. The van der Waals surface area contributed by atoms with E-state index >= 15 is 0 Å². The Labute approximate surface area is 226 Å². The van der Waals surface area contributed by atoms with Crippen LogP contribution in [0.4, 0.5) is 8.78 Å². The lowest BCUT2D eigenvalue weighted by molar-refractivity contribution is -0.182. The van der Waals surface area contributed by atoms with E-state index in [0.29, 0.717) is 29.0 Å². The van der Waals surface area contributed by atoms with Crippen molar-refractivity contribution in [2.45, 2.75) is 35.9 Å². The SMILES string of the molecule is C[C@@H](SC1COC(c2c(Cl)c3cc(Cl)ccc3n2C)OC1)[C@](O)(Cn1cncn1)c1ccc(F)cc1F. The summed E-state index contributed by atoms with van der Waals surface area (Å²) in [5.74, 6) is -1.56. The van der Waals surface area contributed by atoms with Crippen molar-refractivity contribution in [2.75, 3.05) is 13.2 Å². The molecule has 2 aromatic carbocycles. The van der Waals surface area contributed by atoms with Crippen LogP contribution in [0.1, 0.15) is 24.5 Å². The number of aliphatic hydroxyl groups is 1. The summed E-state index contributed by atoms with van der Waals surface area (Å²) in [6.45, 7) is 2.32. The van der Waals surface area contributed by atoms with Crippen molar-refractivity contribution in [3.05, 3.63) is 82.0 Å². The van der Waals surface area contributed by atoms with E-state index in [4.69, 9.17) is 32.7 Å². The van der Waals surface area contributed by atoms with E-state index in [9.17, 15) is 13.9 Å². The average molecular weight is 569 g/mol. The molecule has 0 unspecified atom stereocenters. The molecule has 196 valence electrons. The summed E-state index contributed by atoms with van der Waals surface area (Å²) in [5.41, 5.74) is -0.153. The van der Waals surface area contributed by atoms with Gasteiger partial charge >= 0.3 is 0 Å². The Hall–Kier alpha value is -2.21. The Morgan fingerprint density at radius 3 is 2.62 bits per heavy atom. The number of hydrogen-bond acceptors (Lipinski definition) is 6. The van der Waals surface area contributed by atoms with Crippen molar-refractivity contribution in [3.8, 4) is 0 Å². The molecule has 1 aliphatic rings. The second-order valence-corrected chi connectivity index (χ2v) is 11.4. The van der Waals surface area contributed by atoms with Gasteiger partial charge in [0.25, 0.3) is 0 Å². The molecule has 2 atom stereocenters. The number of nitrogens with zero attached hydrogens (tertiary/aromatic N) is 4. The molecule has 1 N–H and O–H groups in total. The van der Waals surface area contributed by atoms with Crippen LogP contribution in [0, 0.1) is 11.6 Å². The van der Waals surface area contributed by atoms with Gasteiger partial charge in [-0.1, -0.05) is 36.2 Å². The second kappa shape index (κ2) is 10.5. The Kier molecular flexibility index (Phi) is 7.50. The first-order valence-corrected chi connectivity index (χ1v) is 13.2. The number of aryl methyl sites for hydroxylation is 1. The molecule has 1 fully saturated rings. The molecule has 0 spiro atoms. The van der Waals surface area contributed by atoms with Gasteiger partial charge < -0.3 is 19.1 Å². The highest BCUT2D eigenvalue weighted by molar-refractivity contribution is 8.00. The minimum Gasteiger partial charge on any atom is -0.382 e. The fraction of sp³-hybridized carbons (Fsp3) is 0.360. The van der Waals surface area contributed by atoms with Gasteiger partial charge in [-0.05, 0) is 24.3 Å². The fourth-order valence-electron chi connectivity index (χ4n) is 4.61. The molecule has 2 aromatic heterocycles. The summed E-state index contributed by atoms with van der Waals surface area (Å²) >= 11 is 14.2. The van der Waals surface area contributed by atoms with Gasteiger partial charge in [0.05, 0.1) is 35.7 Å². The number of hydrogen-bond donors (Lipinski definition) is 1. The summed E-state index contributed by atoms with van der Waals surface area (Å²) in [6, 6.07) is 8.64. The van der Waals surface area contributed by atoms with Gasteiger partial charge in [-0.3, -0.25) is 0 Å². The quantitative estimate of drug-likeness (QED) is 0.318. The van der Waals surface area contributed by atoms with Crippen molar-refractivity contribution in [3.63, 3.8) is 0 Å². The molecular weight excluding hydrogens is 545 g/mol. The Bertz CT molecular complexity index is 1410. The van der Waals surface area contributed by atoms with Crippen molar-refractivity contribution in [2.24, 2.45) is 7.05 Å². The molecule has 0 amide bonds. The third-order valence-electron chi connectivity index (χ3n) is 6.57. The van der Waals surface area contributed by atoms with Crippen molar-refractivity contribution < 1.29 is 23.4 Å². The smallest absolute Gasteiger partial charge is 0.200 e. The monoisotopic (exact) mass is 568 g/mol. The van der Waals surface area contributed by atoms with E-state index in [-0.39, 0.29) is 17.4 Å². The molecule has 5 rings (SSSR count). The lowest BCUT2D eigenvalue weighted by atomic mass is 9.90. The molecule has 0 radical (unpaired) electrons. The van der Waals surface area contributed by atoms with Crippen molar-refractivity contribution in [1.29, 1.82) is 0 Å². The van der Waals surface area contributed by atoms with Crippen LogP contribution in [-0.4, -0.2) is 48.2 Å². The molecule has 12 heteroatoms. The number of rotatable bonds is 7. The lowest BCUT2D eigenvalue weighted by Gasteiger charge is -2.37. The zero-order valence-corrected chi connectivity index (χ0v) is 22.3. The van der Waals surface area contributed by atoms with Crippen LogP contribution < -0.4 is 0 Å². The van der Waals surface area contributed by atoms with Crippen molar-refractivity contribution in [1.82, 2.24) is 19.3 Å². The summed E-state index contributed by atoms with van der Waals surface area (Å²) in [6.07, 6.45) is 2.08. The van der Waals surface area contributed by atoms with Crippen LogP contribution in [0.15, 0.2) is 49.1 Å². The van der Waals surface area contributed by atoms with E-state index in [1.165, 1.54) is 35.2 Å². The number of thioether (sulfide) groups is 1. The third kappa shape index (κ3) is 5.10. The molecule has 37 heavy (non-hydrogen) atoms. The molecular formula is C25H24Cl2F2N4O3S. The topological polar surface area (TPSA) is 74.3 Å². The first kappa shape index (κ1) is 26.4. The predicted octanol–water partition coefficient (Wildman–Crippen LogP) is 5.48. The van der Waals surface area contributed by atoms with E-state index in [1.54, 1.807) is 19.1 Å². The largest absolute Gasteiger partial charge is 0.382 e. The molecule has 4 aromatic rings. The van der Waals surface area contributed by atoms with Crippen LogP contribution in [0.2, 0.25) is 10.0 Å². The molecule has 1 saturated heterocycles. The number of fused-ring (bicyclic) bond motifs is 1. The molecule has 7 nitrogen and oxygen atoms in total. The van der Waals surface area contributed by atoms with Gasteiger partial charge in [0, 0.05) is 39.9 Å². The number of halogens is 4. The second-order valence-electron chi connectivity index (χ2n) is 8.96. The zero-order valence-electron chi connectivity index (χ0n) is 19.9. The maximum Gasteiger partial charge on any atom is 0.200 e. The standard InChI is InChI=1S/C25H24Cl2F2N4O3S/c1-14(25(34,11-33-13-30-12-31-33)19-5-4-16(28)8-20(19)29)37-17-9-35-24(36-10-17)23-22(27)18-7-15(26)3-6-21(18)32(23)2/h3-8,12-14,17,24,34H,9-11H2,1-2H3/t14-,17?,24?,25-/m1/s1. The van der Waals surface area contributed by atoms with Crippen molar-refractivity contribution >= 4 is 45.9 Å². The van der Waals surface area contributed by atoms with E-state index in [0.717, 1.165) is 23.0 Å². The van der Waals surface area contributed by atoms with Crippen LogP contribution >= 0.6 is 35.0 Å². The minimum absolute atomic E-state index is 0.0270. The number of ether oxygens (including phenoxy) is 2. The van der Waals surface area contributed by atoms with Gasteiger partial charge in [0.15, 0.2) is 0 Å². The molecule has 3 heterocycles. The first-order valence-electron chi connectivity index (χ1n) is 11.5. The fourth-order valence-corrected chi connectivity index (χ4v) is 6.47. The lowest BCUT2D eigenvalue weighted by Crippen LogP contribution is -2.43. The zero-order chi connectivity index (χ0) is 26.3. The first-order chi connectivity index (χ1) is 17.7. The maximum absolute atomic E-state index is 14.8. The predicted molar refractivity (Wildman–Crippen MR) is 139 cm³/mol. The highest BCUT2D eigenvalue weighted by Gasteiger charge is 2.41. The molecule has 0 saturated carbocycles. The number of benzene rings is 2. The van der Waals surface area contributed by atoms with E-state index in [2.05, 4.69) is 10.1 Å². The van der Waals surface area contributed by atoms with Gasteiger partial charge in [0.2, 0.25) is 6.29 Å². The van der Waals surface area contributed by atoms with Crippen LogP contribution in [-0.2, 0) is 28.7 Å². The maximum atomic E-state index is 14.8. The van der Waals surface area contributed by atoms with Crippen LogP contribution in [0.5, 0.6) is 0 Å². The van der Waals surface area contributed by atoms with E-state index in [1.807, 2.05) is 17.7 Å². The molecule has 0 bridgehead atoms. The Morgan fingerprint density at radius 1 is 1.19 bits per heavy atom. The summed E-state index contributed by atoms with van der Waals surface area (Å²) in [4.78, 5) is 3.90. The van der Waals surface area contributed by atoms with E-state index < -0.39 is 28.8 Å². The van der Waals surface area contributed by atoms with Crippen LogP contribution in [0.3, 0.4) is 0 Å². The Balaban J connectivity index is 1.33. The highest BCUT2D eigenvalue weighted by atomic mass is 35.5. The Morgan fingerprint density at radius 2 is 1.95 bits per heavy atom. The highest BCUT2D eigenvalue weighted by Crippen LogP contribution is 2.42. The summed E-state index contributed by atoms with van der Waals surface area (Å²) < 4.78 is 43.8. The normalized spacial score (nSPS) is 20.7. The summed E-state index contributed by atoms with van der Waals surface area (Å²) in [7, 11) is 1.88. The molecule has 1 aliphatic heterocycles. The summed E-state index contributed by atoms with van der Waals surface area (Å²) in [5, 5.41) is 17.0. The van der Waals surface area contributed by atoms with Gasteiger partial charge in [-0.25, -0.2) is 18.4 Å². The minimum atomic E-state index is -1.72. The van der Waals surface area contributed by atoms with Gasteiger partial charge in [0.1, 0.15) is 29.9 Å². The average Bonchev–Trinajstić information content (AvgIpc) is 3.45.